The van der Waals surface area contributed by atoms with Gasteiger partial charge in [0.25, 0.3) is 11.7 Å². The molecule has 1 aliphatic rings. The monoisotopic (exact) mass is 525 g/mol. The molecule has 0 radical (unpaired) electrons. The molecule has 10 heteroatoms. The molecule has 9 nitrogen and oxygen atoms in total. The second-order valence-electron chi connectivity index (χ2n) is 8.38. The van der Waals surface area contributed by atoms with Crippen molar-refractivity contribution in [1.82, 2.24) is 14.5 Å². The highest BCUT2D eigenvalue weighted by molar-refractivity contribution is 6.46. The van der Waals surface area contributed by atoms with Crippen LogP contribution in [-0.4, -0.2) is 56.1 Å². The molecule has 1 amide bonds. The number of aromatic nitrogens is 2. The lowest BCUT2D eigenvalue weighted by atomic mass is 9.95. The number of amides is 1. The molecule has 0 saturated carbocycles. The number of nitrogens with zero attached hydrogens (tertiary/aromatic N) is 3. The second kappa shape index (κ2) is 11.4. The number of hydrogen-bond donors (Lipinski definition) is 2. The number of likely N-dealkylation sites (tertiary alicyclic amines) is 1. The fourth-order valence-corrected chi connectivity index (χ4v) is 4.58. The molecule has 1 fully saturated rings. The van der Waals surface area contributed by atoms with Gasteiger partial charge in [0.05, 0.1) is 36.2 Å². The van der Waals surface area contributed by atoms with Crippen molar-refractivity contribution in [2.24, 2.45) is 0 Å². The maximum Gasteiger partial charge on any atom is 0.295 e. The molecule has 0 aliphatic carbocycles. The van der Waals surface area contributed by atoms with Crippen LogP contribution in [0.25, 0.3) is 5.76 Å². The number of aromatic hydroxyl groups is 1. The van der Waals surface area contributed by atoms with E-state index in [0.717, 1.165) is 0 Å². The van der Waals surface area contributed by atoms with Crippen molar-refractivity contribution in [1.29, 1.82) is 0 Å². The molecular formula is C27H28ClN3O6. The molecule has 1 atom stereocenters. The van der Waals surface area contributed by atoms with Crippen molar-refractivity contribution < 1.29 is 29.3 Å². The van der Waals surface area contributed by atoms with Gasteiger partial charge in [-0.3, -0.25) is 9.59 Å². The van der Waals surface area contributed by atoms with Gasteiger partial charge in [0.15, 0.2) is 11.5 Å². The van der Waals surface area contributed by atoms with E-state index in [4.69, 9.17) is 21.1 Å². The fourth-order valence-electron chi connectivity index (χ4n) is 4.35. The minimum Gasteiger partial charge on any atom is -0.507 e. The fraction of sp³-hybridized carbons (Fsp3) is 0.296. The van der Waals surface area contributed by atoms with Crippen molar-refractivity contribution in [2.75, 3.05) is 19.8 Å². The minimum atomic E-state index is -0.895. The molecule has 1 unspecified atom stereocenters. The number of ketones is 1. The van der Waals surface area contributed by atoms with Crippen molar-refractivity contribution in [2.45, 2.75) is 32.9 Å². The van der Waals surface area contributed by atoms with E-state index in [0.29, 0.717) is 37.5 Å². The first kappa shape index (κ1) is 26.1. The maximum atomic E-state index is 13.3. The van der Waals surface area contributed by atoms with Crippen LogP contribution in [-0.2, 0) is 16.1 Å². The highest BCUT2D eigenvalue weighted by Crippen LogP contribution is 2.42. The number of imidazole rings is 1. The third-order valence-corrected chi connectivity index (χ3v) is 6.31. The number of ether oxygens (including phenoxy) is 2. The van der Waals surface area contributed by atoms with Gasteiger partial charge in [-0.15, -0.1) is 0 Å². The zero-order valence-corrected chi connectivity index (χ0v) is 21.3. The highest BCUT2D eigenvalue weighted by Gasteiger charge is 2.46. The van der Waals surface area contributed by atoms with Crippen molar-refractivity contribution >= 4 is 29.1 Å². The van der Waals surface area contributed by atoms with Crippen LogP contribution in [0, 0.1) is 0 Å². The third-order valence-electron chi connectivity index (χ3n) is 6.02. The Kier molecular flexibility index (Phi) is 8.03. The standard InChI is InChI=1S/C27H28ClN3O6/c1-3-36-21-9-7-18(14-19(21)28)25(33)23-24(17-6-8-20(32)22(15-17)37-4-2)31(27(35)26(23)34)12-5-11-30-13-10-29-16-30/h6-10,13-16,24,32-33H,3-5,11-12H2,1-2H3/b25-23+. The van der Waals surface area contributed by atoms with Gasteiger partial charge in [-0.2, -0.15) is 0 Å². The predicted molar refractivity (Wildman–Crippen MR) is 138 cm³/mol. The van der Waals surface area contributed by atoms with Crippen LogP contribution in [0.2, 0.25) is 5.02 Å². The first-order chi connectivity index (χ1) is 17.8. The highest BCUT2D eigenvalue weighted by atomic mass is 35.5. The number of carbonyl (C=O) groups excluding carboxylic acids is 2. The van der Waals surface area contributed by atoms with Gasteiger partial charge in [0.2, 0.25) is 0 Å². The van der Waals surface area contributed by atoms with Crippen LogP contribution < -0.4 is 9.47 Å². The average molecular weight is 526 g/mol. The molecule has 3 aromatic rings. The summed E-state index contributed by atoms with van der Waals surface area (Å²) in [5, 5.41) is 21.8. The average Bonchev–Trinajstić information content (AvgIpc) is 3.49. The topological polar surface area (TPSA) is 114 Å². The predicted octanol–water partition coefficient (Wildman–Crippen LogP) is 4.55. The van der Waals surface area contributed by atoms with Crippen LogP contribution in [0.5, 0.6) is 17.2 Å². The van der Waals surface area contributed by atoms with Gasteiger partial charge < -0.3 is 29.2 Å². The summed E-state index contributed by atoms with van der Waals surface area (Å²) in [6, 6.07) is 8.41. The summed E-state index contributed by atoms with van der Waals surface area (Å²) >= 11 is 6.32. The van der Waals surface area contributed by atoms with E-state index in [1.54, 1.807) is 43.7 Å². The third kappa shape index (κ3) is 5.41. The van der Waals surface area contributed by atoms with Crippen LogP contribution in [0.1, 0.15) is 37.4 Å². The van der Waals surface area contributed by atoms with Crippen LogP contribution in [0.3, 0.4) is 0 Å². The molecule has 2 aromatic carbocycles. The minimum absolute atomic E-state index is 0.0685. The van der Waals surface area contributed by atoms with Gasteiger partial charge in [-0.1, -0.05) is 17.7 Å². The number of hydrogen-bond acceptors (Lipinski definition) is 7. The molecule has 194 valence electrons. The molecule has 1 aliphatic heterocycles. The van der Waals surface area contributed by atoms with Crippen LogP contribution in [0.4, 0.5) is 0 Å². The molecule has 1 aromatic heterocycles. The van der Waals surface area contributed by atoms with Crippen molar-refractivity contribution in [3.63, 3.8) is 0 Å². The number of phenols is 1. The Morgan fingerprint density at radius 1 is 1.05 bits per heavy atom. The molecule has 0 spiro atoms. The maximum absolute atomic E-state index is 13.3. The number of halogens is 1. The lowest BCUT2D eigenvalue weighted by Crippen LogP contribution is -2.31. The molecular weight excluding hydrogens is 498 g/mol. The SMILES string of the molecule is CCOc1cc(C2/C(=C(\O)c3ccc(OCC)c(Cl)c3)C(=O)C(=O)N2CCCn2ccnc2)ccc1O. The van der Waals surface area contributed by atoms with Crippen LogP contribution >= 0.6 is 11.6 Å². The van der Waals surface area contributed by atoms with E-state index in [-0.39, 0.29) is 40.0 Å². The Hall–Kier alpha value is -3.98. The summed E-state index contributed by atoms with van der Waals surface area (Å²) in [7, 11) is 0. The number of aryl methyl sites for hydroxylation is 1. The number of aliphatic hydroxyl groups excluding tert-OH is 1. The van der Waals surface area contributed by atoms with E-state index >= 15 is 0 Å². The van der Waals surface area contributed by atoms with E-state index in [2.05, 4.69) is 4.98 Å². The number of benzene rings is 2. The number of Topliss-reactive ketones (excluding diaryl/α,β-unsaturated/α-hetero) is 1. The van der Waals surface area contributed by atoms with Gasteiger partial charge in [0, 0.05) is 31.0 Å². The van der Waals surface area contributed by atoms with Crippen LogP contribution in [0.15, 0.2) is 60.7 Å². The molecule has 2 heterocycles. The summed E-state index contributed by atoms with van der Waals surface area (Å²) in [5.74, 6) is -1.29. The Bertz CT molecular complexity index is 1320. The summed E-state index contributed by atoms with van der Waals surface area (Å²) < 4.78 is 12.9. The largest absolute Gasteiger partial charge is 0.507 e. The van der Waals surface area contributed by atoms with Gasteiger partial charge >= 0.3 is 0 Å². The molecule has 37 heavy (non-hydrogen) atoms. The Morgan fingerprint density at radius 2 is 1.81 bits per heavy atom. The molecule has 0 bridgehead atoms. The zero-order valence-electron chi connectivity index (χ0n) is 20.6. The van der Waals surface area contributed by atoms with E-state index in [1.165, 1.54) is 17.0 Å². The molecule has 2 N–H and O–H groups in total. The number of carbonyl (C=O) groups is 2. The number of aliphatic hydroxyl groups is 1. The Labute approximate surface area is 219 Å². The van der Waals surface area contributed by atoms with Gasteiger partial charge in [0.1, 0.15) is 11.5 Å². The first-order valence-corrected chi connectivity index (χ1v) is 12.4. The smallest absolute Gasteiger partial charge is 0.295 e. The summed E-state index contributed by atoms with van der Waals surface area (Å²) in [6.07, 6.45) is 5.70. The summed E-state index contributed by atoms with van der Waals surface area (Å²) in [5.41, 5.74) is 0.723. The van der Waals surface area contributed by atoms with Crippen molar-refractivity contribution in [3.8, 4) is 17.2 Å². The van der Waals surface area contributed by atoms with E-state index < -0.39 is 17.7 Å². The zero-order chi connectivity index (χ0) is 26.5. The normalized spacial score (nSPS) is 16.8. The lowest BCUT2D eigenvalue weighted by molar-refractivity contribution is -0.139. The lowest BCUT2D eigenvalue weighted by Gasteiger charge is -2.26. The van der Waals surface area contributed by atoms with Gasteiger partial charge in [-0.25, -0.2) is 4.98 Å². The summed E-state index contributed by atoms with van der Waals surface area (Å²) in [6.45, 7) is 5.17. The van der Waals surface area contributed by atoms with E-state index in [9.17, 15) is 19.8 Å². The Morgan fingerprint density at radius 3 is 2.49 bits per heavy atom. The van der Waals surface area contributed by atoms with E-state index in [1.807, 2.05) is 17.7 Å². The number of rotatable bonds is 10. The first-order valence-electron chi connectivity index (χ1n) is 12.0. The summed E-state index contributed by atoms with van der Waals surface area (Å²) in [4.78, 5) is 31.9. The second-order valence-corrected chi connectivity index (χ2v) is 8.79. The van der Waals surface area contributed by atoms with Crippen molar-refractivity contribution in [3.05, 3.63) is 76.8 Å². The van der Waals surface area contributed by atoms with Gasteiger partial charge in [-0.05, 0) is 56.2 Å². The molecule has 4 rings (SSSR count). The molecule has 1 saturated heterocycles. The quantitative estimate of drug-likeness (QED) is 0.227. The number of phenolic OH excluding ortho intramolecular Hbond substituents is 1. The Balaban J connectivity index is 1.77.